The molecule has 2 rings (SSSR count). The average Bonchev–Trinajstić information content (AvgIpc) is 2.61. The molecular formula is C13H15BrFNO3. The fourth-order valence-electron chi connectivity index (χ4n) is 1.81. The lowest BCUT2D eigenvalue weighted by atomic mass is 10.3. The smallest absolute Gasteiger partial charge is 0.408 e. The molecule has 4 nitrogen and oxygen atoms in total. The summed E-state index contributed by atoms with van der Waals surface area (Å²) >= 11 is 3.10. The monoisotopic (exact) mass is 331 g/mol. The second-order valence-corrected chi connectivity index (χ2v) is 5.38. The Morgan fingerprint density at radius 2 is 2.21 bits per heavy atom. The van der Waals surface area contributed by atoms with Crippen molar-refractivity contribution in [3.05, 3.63) is 33.0 Å². The molecule has 0 saturated heterocycles. The highest BCUT2D eigenvalue weighted by molar-refractivity contribution is 9.10. The van der Waals surface area contributed by atoms with Crippen molar-refractivity contribution in [1.29, 1.82) is 0 Å². The minimum Gasteiger partial charge on any atom is -0.408 e. The molecule has 0 saturated carbocycles. The van der Waals surface area contributed by atoms with Gasteiger partial charge in [0.25, 0.3) is 0 Å². The van der Waals surface area contributed by atoms with Gasteiger partial charge in [0, 0.05) is 19.2 Å². The van der Waals surface area contributed by atoms with Gasteiger partial charge in [-0.15, -0.1) is 0 Å². The Bertz CT molecular complexity index is 633. The third kappa shape index (κ3) is 3.25. The molecule has 0 radical (unpaired) electrons. The molecule has 6 heteroatoms. The van der Waals surface area contributed by atoms with Gasteiger partial charge < -0.3 is 9.15 Å². The molecule has 104 valence electrons. The first-order chi connectivity index (χ1) is 8.99. The van der Waals surface area contributed by atoms with Gasteiger partial charge in [0.05, 0.1) is 16.1 Å². The third-order valence-corrected chi connectivity index (χ3v) is 3.30. The van der Waals surface area contributed by atoms with Gasteiger partial charge in [-0.3, -0.25) is 4.57 Å². The van der Waals surface area contributed by atoms with Crippen LogP contribution in [0.4, 0.5) is 4.39 Å². The number of nitrogens with zero attached hydrogens (tertiary/aromatic N) is 1. The first kappa shape index (κ1) is 14.3. The van der Waals surface area contributed by atoms with Crippen molar-refractivity contribution in [2.75, 3.05) is 6.61 Å². The van der Waals surface area contributed by atoms with E-state index in [9.17, 15) is 9.18 Å². The Morgan fingerprint density at radius 1 is 1.47 bits per heavy atom. The van der Waals surface area contributed by atoms with E-state index in [-0.39, 0.29) is 11.7 Å². The topological polar surface area (TPSA) is 44.4 Å². The van der Waals surface area contributed by atoms with Crippen LogP contribution in [-0.2, 0) is 11.3 Å². The van der Waals surface area contributed by atoms with E-state index in [0.717, 1.165) is 0 Å². The second kappa shape index (κ2) is 5.88. The Morgan fingerprint density at radius 3 is 2.89 bits per heavy atom. The molecule has 0 aliphatic rings. The van der Waals surface area contributed by atoms with Crippen LogP contribution >= 0.6 is 15.9 Å². The molecular weight excluding hydrogens is 317 g/mol. The maximum absolute atomic E-state index is 13.3. The van der Waals surface area contributed by atoms with Crippen molar-refractivity contribution >= 4 is 27.0 Å². The van der Waals surface area contributed by atoms with Gasteiger partial charge in [-0.2, -0.15) is 0 Å². The lowest BCUT2D eigenvalue weighted by Gasteiger charge is -2.07. The zero-order valence-electron chi connectivity index (χ0n) is 10.8. The minimum atomic E-state index is -0.475. The lowest BCUT2D eigenvalue weighted by Crippen LogP contribution is -2.16. The van der Waals surface area contributed by atoms with E-state index >= 15 is 0 Å². The van der Waals surface area contributed by atoms with Crippen molar-refractivity contribution < 1.29 is 13.5 Å². The summed E-state index contributed by atoms with van der Waals surface area (Å²) in [6.45, 7) is 4.97. The third-order valence-electron chi connectivity index (χ3n) is 2.69. The van der Waals surface area contributed by atoms with Crippen molar-refractivity contribution in [2.45, 2.75) is 32.9 Å². The average molecular weight is 332 g/mol. The standard InChI is InChI=1S/C13H15BrFNO3/c1-8(2)18-5-3-4-16-11-6-9(14)10(15)7-12(11)19-13(16)17/h6-8H,3-5H2,1-2H3. The van der Waals surface area contributed by atoms with Crippen LogP contribution in [0.3, 0.4) is 0 Å². The van der Waals surface area contributed by atoms with Gasteiger partial charge in [-0.25, -0.2) is 9.18 Å². The predicted molar refractivity (Wildman–Crippen MR) is 73.8 cm³/mol. The van der Waals surface area contributed by atoms with Crippen LogP contribution in [0.1, 0.15) is 20.3 Å². The highest BCUT2D eigenvalue weighted by Crippen LogP contribution is 2.22. The quantitative estimate of drug-likeness (QED) is 0.789. The van der Waals surface area contributed by atoms with Gasteiger partial charge in [-0.05, 0) is 42.3 Å². The van der Waals surface area contributed by atoms with Crippen molar-refractivity contribution in [1.82, 2.24) is 4.57 Å². The minimum absolute atomic E-state index is 0.168. The molecule has 0 bridgehead atoms. The SMILES string of the molecule is CC(C)OCCCn1c(=O)oc2cc(F)c(Br)cc21. The summed E-state index contributed by atoms with van der Waals surface area (Å²) in [4.78, 5) is 11.7. The van der Waals surface area contributed by atoms with Gasteiger partial charge >= 0.3 is 5.76 Å². The molecule has 0 N–H and O–H groups in total. The zero-order chi connectivity index (χ0) is 14.0. The second-order valence-electron chi connectivity index (χ2n) is 4.53. The van der Waals surface area contributed by atoms with E-state index < -0.39 is 11.6 Å². The fraction of sp³-hybridized carbons (Fsp3) is 0.462. The Labute approximate surface area is 118 Å². The number of rotatable bonds is 5. The summed E-state index contributed by atoms with van der Waals surface area (Å²) in [6, 6.07) is 2.76. The fourth-order valence-corrected chi connectivity index (χ4v) is 2.14. The number of oxazole rings is 1. The van der Waals surface area contributed by atoms with Crippen LogP contribution in [0, 0.1) is 5.82 Å². The van der Waals surface area contributed by atoms with E-state index in [0.29, 0.717) is 29.6 Å². The number of hydrogen-bond acceptors (Lipinski definition) is 3. The highest BCUT2D eigenvalue weighted by Gasteiger charge is 2.12. The summed E-state index contributed by atoms with van der Waals surface area (Å²) in [5.74, 6) is -0.923. The maximum atomic E-state index is 13.3. The van der Waals surface area contributed by atoms with E-state index in [4.69, 9.17) is 9.15 Å². The molecule has 0 fully saturated rings. The number of aromatic nitrogens is 1. The highest BCUT2D eigenvalue weighted by atomic mass is 79.9. The number of aryl methyl sites for hydroxylation is 1. The summed E-state index contributed by atoms with van der Waals surface area (Å²) in [5, 5.41) is 0. The molecule has 0 unspecified atom stereocenters. The molecule has 1 heterocycles. The summed E-state index contributed by atoms with van der Waals surface area (Å²) in [6.07, 6.45) is 0.864. The Hall–Kier alpha value is -1.14. The molecule has 1 aromatic carbocycles. The molecule has 0 spiro atoms. The van der Waals surface area contributed by atoms with Crippen LogP contribution in [0.5, 0.6) is 0 Å². The lowest BCUT2D eigenvalue weighted by molar-refractivity contribution is 0.0747. The van der Waals surface area contributed by atoms with Crippen molar-refractivity contribution in [3.63, 3.8) is 0 Å². The van der Waals surface area contributed by atoms with E-state index in [1.165, 1.54) is 10.6 Å². The van der Waals surface area contributed by atoms with E-state index in [2.05, 4.69) is 15.9 Å². The Balaban J connectivity index is 2.20. The van der Waals surface area contributed by atoms with Gasteiger partial charge in [0.2, 0.25) is 0 Å². The normalized spacial score (nSPS) is 11.6. The molecule has 2 aromatic rings. The van der Waals surface area contributed by atoms with Crippen LogP contribution in [0.2, 0.25) is 0 Å². The summed E-state index contributed by atoms with van der Waals surface area (Å²) < 4.78 is 25.6. The first-order valence-electron chi connectivity index (χ1n) is 6.09. The first-order valence-corrected chi connectivity index (χ1v) is 6.88. The number of ether oxygens (including phenoxy) is 1. The zero-order valence-corrected chi connectivity index (χ0v) is 12.4. The maximum Gasteiger partial charge on any atom is 0.419 e. The van der Waals surface area contributed by atoms with Gasteiger partial charge in [0.1, 0.15) is 5.82 Å². The van der Waals surface area contributed by atoms with Crippen LogP contribution in [0.15, 0.2) is 25.8 Å². The summed E-state index contributed by atoms with van der Waals surface area (Å²) in [7, 11) is 0. The van der Waals surface area contributed by atoms with Gasteiger partial charge in [-0.1, -0.05) is 0 Å². The van der Waals surface area contributed by atoms with Gasteiger partial charge in [0.15, 0.2) is 5.58 Å². The largest absolute Gasteiger partial charge is 0.419 e. The molecule has 19 heavy (non-hydrogen) atoms. The van der Waals surface area contributed by atoms with Crippen molar-refractivity contribution in [2.24, 2.45) is 0 Å². The van der Waals surface area contributed by atoms with E-state index in [1.54, 1.807) is 6.07 Å². The van der Waals surface area contributed by atoms with Crippen LogP contribution < -0.4 is 5.76 Å². The molecule has 1 aromatic heterocycles. The van der Waals surface area contributed by atoms with E-state index in [1.807, 2.05) is 13.8 Å². The number of benzene rings is 1. The Kier molecular flexibility index (Phi) is 4.42. The molecule has 0 aliphatic heterocycles. The number of halogens is 2. The van der Waals surface area contributed by atoms with Crippen molar-refractivity contribution in [3.8, 4) is 0 Å². The molecule has 0 atom stereocenters. The van der Waals surface area contributed by atoms with Crippen LogP contribution in [-0.4, -0.2) is 17.3 Å². The molecule has 0 amide bonds. The van der Waals surface area contributed by atoms with Crippen LogP contribution in [0.25, 0.3) is 11.1 Å². The molecule has 0 aliphatic carbocycles. The number of hydrogen-bond donors (Lipinski definition) is 0. The number of fused-ring (bicyclic) bond motifs is 1. The predicted octanol–water partition coefficient (Wildman–Crippen LogP) is 3.31. The summed E-state index contributed by atoms with van der Waals surface area (Å²) in [5.41, 5.74) is 0.846.